The van der Waals surface area contributed by atoms with Crippen molar-refractivity contribution in [2.24, 2.45) is 11.8 Å². The number of ether oxygens (including phenoxy) is 10. The molecular weight excluding hydrogens is 580 g/mol. The Labute approximate surface area is 247 Å². The molecule has 10 atom stereocenters. The molecule has 2 saturated heterocycles. The zero-order chi connectivity index (χ0) is 32.0. The Kier molecular flexibility index (Phi) is 11.5. The highest BCUT2D eigenvalue weighted by Crippen LogP contribution is 2.44. The van der Waals surface area contributed by atoms with Crippen LogP contribution < -0.4 is 0 Å². The SMILES string of the molecule is COC(=O)C1=CO[C@@H](O[C@@H]2O[C@H](COC(C)=O)[C@@H](OC(C)=O)[C@H](OC(C)=O)[C@H]2OC(C)=O)[C@@H]2[C@H](C)O[C@H](OC(C)=O)C[C@H]12. The normalized spacial score (nSPS) is 33.3. The van der Waals surface area contributed by atoms with Gasteiger partial charge in [-0.05, 0) is 6.92 Å². The molecule has 43 heavy (non-hydrogen) atoms. The Morgan fingerprint density at radius 2 is 1.35 bits per heavy atom. The molecule has 0 radical (unpaired) electrons. The van der Waals surface area contributed by atoms with Crippen LogP contribution in [0.1, 0.15) is 48.0 Å². The minimum absolute atomic E-state index is 0.0529. The summed E-state index contributed by atoms with van der Waals surface area (Å²) in [7, 11) is 1.20. The van der Waals surface area contributed by atoms with Gasteiger partial charge in [-0.3, -0.25) is 24.0 Å². The van der Waals surface area contributed by atoms with Gasteiger partial charge in [0.05, 0.1) is 31.0 Å². The zero-order valence-corrected chi connectivity index (χ0v) is 24.8. The van der Waals surface area contributed by atoms with Gasteiger partial charge in [-0.25, -0.2) is 4.79 Å². The molecule has 3 rings (SSSR count). The minimum atomic E-state index is -1.54. The topological polar surface area (TPSA) is 195 Å². The van der Waals surface area contributed by atoms with Crippen LogP contribution in [0.15, 0.2) is 11.8 Å². The van der Waals surface area contributed by atoms with Gasteiger partial charge < -0.3 is 47.4 Å². The van der Waals surface area contributed by atoms with E-state index in [0.717, 1.165) is 34.0 Å². The van der Waals surface area contributed by atoms with E-state index < -0.39 is 104 Å². The second-order valence-corrected chi connectivity index (χ2v) is 10.1. The zero-order valence-electron chi connectivity index (χ0n) is 24.8. The summed E-state index contributed by atoms with van der Waals surface area (Å²) in [6.07, 6.45) is -8.87. The molecule has 0 N–H and O–H groups in total. The van der Waals surface area contributed by atoms with Crippen LogP contribution in [0, 0.1) is 11.8 Å². The lowest BCUT2D eigenvalue weighted by atomic mass is 9.77. The summed E-state index contributed by atoms with van der Waals surface area (Å²) in [6.45, 7) is 6.86. The molecule has 16 nitrogen and oxygen atoms in total. The lowest BCUT2D eigenvalue weighted by Crippen LogP contribution is -2.64. The van der Waals surface area contributed by atoms with E-state index >= 15 is 0 Å². The molecule has 0 saturated carbocycles. The average molecular weight is 617 g/mol. The van der Waals surface area contributed by atoms with E-state index in [1.165, 1.54) is 14.0 Å². The molecule has 0 bridgehead atoms. The van der Waals surface area contributed by atoms with Gasteiger partial charge in [0.25, 0.3) is 0 Å². The maximum Gasteiger partial charge on any atom is 0.337 e. The summed E-state index contributed by atoms with van der Waals surface area (Å²) >= 11 is 0. The first kappa shape index (κ1) is 33.7. The van der Waals surface area contributed by atoms with Crippen LogP contribution in [0.4, 0.5) is 0 Å². The molecular formula is C27H36O16. The molecule has 0 aromatic rings. The van der Waals surface area contributed by atoms with Crippen LogP contribution in [-0.2, 0) is 76.1 Å². The van der Waals surface area contributed by atoms with Crippen LogP contribution in [-0.4, -0.2) is 98.9 Å². The Morgan fingerprint density at radius 3 is 1.91 bits per heavy atom. The van der Waals surface area contributed by atoms with Crippen LogP contribution >= 0.6 is 0 Å². The molecule has 0 amide bonds. The molecule has 2 fully saturated rings. The summed E-state index contributed by atoms with van der Waals surface area (Å²) in [5, 5.41) is 0. The Balaban J connectivity index is 2.01. The number of carbonyl (C=O) groups is 6. The van der Waals surface area contributed by atoms with Crippen LogP contribution in [0.2, 0.25) is 0 Å². The molecule has 3 aliphatic heterocycles. The van der Waals surface area contributed by atoms with Gasteiger partial charge in [0.15, 0.2) is 18.3 Å². The van der Waals surface area contributed by atoms with E-state index in [1.807, 2.05) is 0 Å². The maximum absolute atomic E-state index is 12.6. The highest BCUT2D eigenvalue weighted by molar-refractivity contribution is 5.89. The number of carbonyl (C=O) groups excluding carboxylic acids is 6. The Morgan fingerprint density at radius 1 is 0.767 bits per heavy atom. The van der Waals surface area contributed by atoms with Gasteiger partial charge >= 0.3 is 35.8 Å². The molecule has 0 spiro atoms. The van der Waals surface area contributed by atoms with E-state index in [0.29, 0.717) is 0 Å². The summed E-state index contributed by atoms with van der Waals surface area (Å²) in [5.41, 5.74) is 0.140. The smallest absolute Gasteiger partial charge is 0.337 e. The lowest BCUT2D eigenvalue weighted by molar-refractivity contribution is -0.354. The third kappa shape index (κ3) is 8.64. The average Bonchev–Trinajstić information content (AvgIpc) is 2.89. The van der Waals surface area contributed by atoms with E-state index in [9.17, 15) is 28.8 Å². The summed E-state index contributed by atoms with van der Waals surface area (Å²) in [5.74, 6) is -5.72. The van der Waals surface area contributed by atoms with Crippen molar-refractivity contribution in [1.82, 2.24) is 0 Å². The summed E-state index contributed by atoms with van der Waals surface area (Å²) in [6, 6.07) is 0. The van der Waals surface area contributed by atoms with Crippen molar-refractivity contribution in [3.05, 3.63) is 11.8 Å². The number of methoxy groups -OCH3 is 1. The summed E-state index contributed by atoms with van der Waals surface area (Å²) in [4.78, 5) is 72.1. The van der Waals surface area contributed by atoms with Crippen LogP contribution in [0.3, 0.4) is 0 Å². The minimum Gasteiger partial charge on any atom is -0.471 e. The van der Waals surface area contributed by atoms with Crippen molar-refractivity contribution in [3.63, 3.8) is 0 Å². The first-order valence-corrected chi connectivity index (χ1v) is 13.4. The standard InChI is InChI=1S/C27H36O16/c1-11-21-17(8-20(37-11)38-13(3)29)18(25(33)34-7)9-36-26(21)43-27-24(41-16(6)32)23(40-15(5)31)22(39-14(4)30)19(42-27)10-35-12(2)28/h9,11,17,19-24,26-27H,8,10H2,1-7H3/t11-,17+,19+,20+,21+,22+,23-,24+,26-,27-/m0/s1. The predicted molar refractivity (Wildman–Crippen MR) is 136 cm³/mol. The van der Waals surface area contributed by atoms with E-state index in [-0.39, 0.29) is 12.0 Å². The largest absolute Gasteiger partial charge is 0.471 e. The van der Waals surface area contributed by atoms with Crippen molar-refractivity contribution >= 4 is 35.8 Å². The first-order valence-electron chi connectivity index (χ1n) is 13.4. The fourth-order valence-electron chi connectivity index (χ4n) is 5.27. The molecule has 0 aromatic carbocycles. The van der Waals surface area contributed by atoms with Gasteiger partial charge in [-0.2, -0.15) is 0 Å². The predicted octanol–water partition coefficient (Wildman–Crippen LogP) is 0.430. The van der Waals surface area contributed by atoms with Gasteiger partial charge in [-0.15, -0.1) is 0 Å². The Bertz CT molecular complexity index is 1120. The highest BCUT2D eigenvalue weighted by Gasteiger charge is 2.56. The summed E-state index contributed by atoms with van der Waals surface area (Å²) < 4.78 is 55.3. The first-order chi connectivity index (χ1) is 20.2. The van der Waals surface area contributed by atoms with Crippen LogP contribution in [0.5, 0.6) is 0 Å². The van der Waals surface area contributed by atoms with E-state index in [4.69, 9.17) is 47.4 Å². The van der Waals surface area contributed by atoms with Gasteiger partial charge in [0.2, 0.25) is 18.9 Å². The van der Waals surface area contributed by atoms with Crippen molar-refractivity contribution in [1.29, 1.82) is 0 Å². The molecule has 240 valence electrons. The van der Waals surface area contributed by atoms with Crippen molar-refractivity contribution in [2.45, 2.75) is 97.4 Å². The molecule has 3 heterocycles. The van der Waals surface area contributed by atoms with E-state index in [2.05, 4.69) is 0 Å². The molecule has 0 aliphatic carbocycles. The monoisotopic (exact) mass is 616 g/mol. The van der Waals surface area contributed by atoms with Gasteiger partial charge in [0, 0.05) is 47.0 Å². The third-order valence-corrected chi connectivity index (χ3v) is 6.80. The number of hydrogen-bond acceptors (Lipinski definition) is 16. The fourth-order valence-corrected chi connectivity index (χ4v) is 5.27. The molecule has 0 unspecified atom stereocenters. The third-order valence-electron chi connectivity index (χ3n) is 6.80. The van der Waals surface area contributed by atoms with E-state index in [1.54, 1.807) is 6.92 Å². The van der Waals surface area contributed by atoms with Gasteiger partial charge in [-0.1, -0.05) is 0 Å². The van der Waals surface area contributed by atoms with Crippen molar-refractivity contribution < 1.29 is 76.1 Å². The number of hydrogen-bond donors (Lipinski definition) is 0. The van der Waals surface area contributed by atoms with Crippen molar-refractivity contribution in [3.8, 4) is 0 Å². The number of esters is 6. The second kappa shape index (κ2) is 14.6. The maximum atomic E-state index is 12.6. The number of fused-ring (bicyclic) bond motifs is 1. The fraction of sp³-hybridized carbons (Fsp3) is 0.704. The molecule has 3 aliphatic rings. The lowest BCUT2D eigenvalue weighted by Gasteiger charge is -2.48. The Hall–Kier alpha value is -3.76. The molecule has 16 heteroatoms. The molecule has 0 aromatic heterocycles. The highest BCUT2D eigenvalue weighted by atomic mass is 16.8. The van der Waals surface area contributed by atoms with Crippen molar-refractivity contribution in [2.75, 3.05) is 13.7 Å². The quantitative estimate of drug-likeness (QED) is 0.255. The van der Waals surface area contributed by atoms with Crippen LogP contribution in [0.25, 0.3) is 0 Å². The second-order valence-electron chi connectivity index (χ2n) is 10.1. The number of rotatable bonds is 9. The van der Waals surface area contributed by atoms with Gasteiger partial charge in [0.1, 0.15) is 12.7 Å².